The zero-order valence-electron chi connectivity index (χ0n) is 19.0. The van der Waals surface area contributed by atoms with Gasteiger partial charge in [-0.3, -0.25) is 4.79 Å². The third-order valence-electron chi connectivity index (χ3n) is 6.66. The molecule has 178 valence electrons. The Morgan fingerprint density at radius 2 is 1.76 bits per heavy atom. The van der Waals surface area contributed by atoms with Gasteiger partial charge in [-0.1, -0.05) is 29.4 Å². The number of carbonyl (C=O) groups excluding carboxylic acids is 1. The SMILES string of the molecule is Cc1cc(C(O)(c2ccc(C(=O)NCc3ccc(S(=O)(=O)CC4CC4)cc3)cc2)C2CC2)no1. The molecule has 8 heteroatoms. The minimum Gasteiger partial charge on any atom is -0.378 e. The van der Waals surface area contributed by atoms with Crippen LogP contribution in [0.3, 0.4) is 0 Å². The monoisotopic (exact) mass is 480 g/mol. The van der Waals surface area contributed by atoms with E-state index in [0.29, 0.717) is 33.4 Å². The van der Waals surface area contributed by atoms with E-state index in [1.54, 1.807) is 61.5 Å². The number of benzene rings is 2. The molecular weight excluding hydrogens is 452 g/mol. The van der Waals surface area contributed by atoms with E-state index >= 15 is 0 Å². The Labute approximate surface area is 199 Å². The first kappa shape index (κ1) is 22.8. The second kappa shape index (κ2) is 8.67. The molecule has 2 saturated carbocycles. The molecule has 1 amide bonds. The van der Waals surface area contributed by atoms with Gasteiger partial charge in [0.2, 0.25) is 0 Å². The number of carbonyl (C=O) groups is 1. The lowest BCUT2D eigenvalue weighted by molar-refractivity contribution is 0.0485. The highest BCUT2D eigenvalue weighted by molar-refractivity contribution is 7.91. The van der Waals surface area contributed by atoms with Crippen molar-refractivity contribution in [3.8, 4) is 0 Å². The van der Waals surface area contributed by atoms with Crippen molar-refractivity contribution in [3.05, 3.63) is 82.7 Å². The molecule has 1 atom stereocenters. The van der Waals surface area contributed by atoms with Gasteiger partial charge in [0.1, 0.15) is 17.1 Å². The summed E-state index contributed by atoms with van der Waals surface area (Å²) in [6, 6.07) is 15.3. The third-order valence-corrected chi connectivity index (χ3v) is 8.56. The number of hydrogen-bond donors (Lipinski definition) is 2. The summed E-state index contributed by atoms with van der Waals surface area (Å²) in [6.45, 7) is 2.08. The Hall–Kier alpha value is -2.97. The molecule has 5 rings (SSSR count). The maximum atomic E-state index is 12.7. The number of hydrogen-bond acceptors (Lipinski definition) is 6. The third kappa shape index (κ3) is 4.65. The Kier molecular flexibility index (Phi) is 5.81. The van der Waals surface area contributed by atoms with Crippen LogP contribution in [0.25, 0.3) is 0 Å². The average molecular weight is 481 g/mol. The lowest BCUT2D eigenvalue weighted by atomic mass is 9.85. The fourth-order valence-corrected chi connectivity index (χ4v) is 6.00. The smallest absolute Gasteiger partial charge is 0.251 e. The van der Waals surface area contributed by atoms with Crippen LogP contribution in [0.15, 0.2) is 64.0 Å². The van der Waals surface area contributed by atoms with E-state index in [4.69, 9.17) is 4.52 Å². The van der Waals surface area contributed by atoms with E-state index in [1.165, 1.54) is 0 Å². The molecule has 0 radical (unpaired) electrons. The number of aromatic nitrogens is 1. The molecule has 0 aliphatic heterocycles. The van der Waals surface area contributed by atoms with E-state index < -0.39 is 15.4 Å². The summed E-state index contributed by atoms with van der Waals surface area (Å²) in [6.07, 6.45) is 3.80. The van der Waals surface area contributed by atoms with Crippen LogP contribution in [0.1, 0.15) is 58.6 Å². The molecule has 2 aromatic carbocycles. The molecule has 2 aliphatic rings. The fraction of sp³-hybridized carbons (Fsp3) is 0.385. The van der Waals surface area contributed by atoms with Gasteiger partial charge in [-0.25, -0.2) is 8.42 Å². The minimum absolute atomic E-state index is 0.0766. The highest BCUT2D eigenvalue weighted by Crippen LogP contribution is 2.49. The highest BCUT2D eigenvalue weighted by atomic mass is 32.2. The molecule has 2 N–H and O–H groups in total. The van der Waals surface area contributed by atoms with Gasteiger partial charge in [-0.05, 0) is 79.8 Å². The van der Waals surface area contributed by atoms with E-state index in [9.17, 15) is 18.3 Å². The molecular formula is C26H28N2O5S. The highest BCUT2D eigenvalue weighted by Gasteiger charge is 2.48. The Bertz CT molecular complexity index is 1290. The number of amides is 1. The van der Waals surface area contributed by atoms with Gasteiger partial charge >= 0.3 is 0 Å². The molecule has 1 heterocycles. The maximum absolute atomic E-state index is 12.7. The number of aliphatic hydroxyl groups is 1. The van der Waals surface area contributed by atoms with Gasteiger partial charge in [0.25, 0.3) is 5.91 Å². The quantitative estimate of drug-likeness (QED) is 0.483. The summed E-state index contributed by atoms with van der Waals surface area (Å²) < 4.78 is 30.0. The Morgan fingerprint density at radius 3 is 2.32 bits per heavy atom. The van der Waals surface area contributed by atoms with Gasteiger partial charge in [0, 0.05) is 18.2 Å². The second-order valence-electron chi connectivity index (χ2n) is 9.49. The zero-order chi connectivity index (χ0) is 23.9. The van der Waals surface area contributed by atoms with Crippen LogP contribution in [-0.2, 0) is 22.0 Å². The average Bonchev–Trinajstić information content (AvgIpc) is 3.77. The van der Waals surface area contributed by atoms with Crippen LogP contribution < -0.4 is 5.32 Å². The molecule has 2 fully saturated rings. The number of nitrogens with one attached hydrogen (secondary N) is 1. The van der Waals surface area contributed by atoms with Crippen molar-refractivity contribution in [2.24, 2.45) is 11.8 Å². The summed E-state index contributed by atoms with van der Waals surface area (Å²) in [7, 11) is -3.24. The lowest BCUT2D eigenvalue weighted by Crippen LogP contribution is -2.30. The van der Waals surface area contributed by atoms with Crippen LogP contribution in [-0.4, -0.2) is 30.3 Å². The number of rotatable bonds is 9. The van der Waals surface area contributed by atoms with Crippen LogP contribution in [0, 0.1) is 18.8 Å². The van der Waals surface area contributed by atoms with E-state index in [0.717, 1.165) is 31.2 Å². The molecule has 2 aliphatic carbocycles. The summed E-state index contributed by atoms with van der Waals surface area (Å²) >= 11 is 0. The van der Waals surface area contributed by atoms with Crippen molar-refractivity contribution in [2.75, 3.05) is 5.75 Å². The van der Waals surface area contributed by atoms with Crippen molar-refractivity contribution in [3.63, 3.8) is 0 Å². The van der Waals surface area contributed by atoms with Crippen LogP contribution in [0.5, 0.6) is 0 Å². The Balaban J connectivity index is 1.23. The van der Waals surface area contributed by atoms with Gasteiger partial charge in [0.05, 0.1) is 10.6 Å². The molecule has 0 saturated heterocycles. The van der Waals surface area contributed by atoms with Crippen LogP contribution >= 0.6 is 0 Å². The van der Waals surface area contributed by atoms with E-state index in [2.05, 4.69) is 10.5 Å². The van der Waals surface area contributed by atoms with E-state index in [1.807, 2.05) is 0 Å². The van der Waals surface area contributed by atoms with Gasteiger partial charge in [0.15, 0.2) is 9.84 Å². The normalized spacial score (nSPS) is 17.8. The summed E-state index contributed by atoms with van der Waals surface area (Å²) in [5.41, 5.74) is 1.24. The number of sulfone groups is 1. The first-order chi connectivity index (χ1) is 16.3. The fourth-order valence-electron chi connectivity index (χ4n) is 4.31. The maximum Gasteiger partial charge on any atom is 0.251 e. The number of aryl methyl sites for hydroxylation is 1. The molecule has 0 spiro atoms. The lowest BCUT2D eigenvalue weighted by Gasteiger charge is -2.26. The minimum atomic E-state index is -3.24. The van der Waals surface area contributed by atoms with Crippen molar-refractivity contribution in [1.29, 1.82) is 0 Å². The van der Waals surface area contributed by atoms with Crippen molar-refractivity contribution >= 4 is 15.7 Å². The van der Waals surface area contributed by atoms with Crippen molar-refractivity contribution in [1.82, 2.24) is 10.5 Å². The van der Waals surface area contributed by atoms with Crippen molar-refractivity contribution < 1.29 is 22.8 Å². The summed E-state index contributed by atoms with van der Waals surface area (Å²) in [5, 5.41) is 18.4. The molecule has 7 nitrogen and oxygen atoms in total. The Morgan fingerprint density at radius 1 is 1.09 bits per heavy atom. The first-order valence-corrected chi connectivity index (χ1v) is 13.3. The molecule has 3 aromatic rings. The predicted molar refractivity (Wildman–Crippen MR) is 126 cm³/mol. The number of nitrogens with zero attached hydrogens (tertiary/aromatic N) is 1. The van der Waals surface area contributed by atoms with Crippen molar-refractivity contribution in [2.45, 2.75) is 49.6 Å². The summed E-state index contributed by atoms with van der Waals surface area (Å²) in [5.74, 6) is 0.983. The molecule has 0 bridgehead atoms. The zero-order valence-corrected chi connectivity index (χ0v) is 19.8. The van der Waals surface area contributed by atoms with Crippen LogP contribution in [0.4, 0.5) is 0 Å². The van der Waals surface area contributed by atoms with Crippen LogP contribution in [0.2, 0.25) is 0 Å². The molecule has 1 aromatic heterocycles. The molecule has 34 heavy (non-hydrogen) atoms. The standard InChI is InChI=1S/C26H28N2O5S/c1-17-14-24(28-33-17)26(30,22-10-11-22)21-8-6-20(7-9-21)25(29)27-15-18-4-12-23(13-5-18)34(31,32)16-19-2-3-19/h4-9,12-14,19,22,30H,2-3,10-11,15-16H2,1H3,(H,27,29). The topological polar surface area (TPSA) is 110 Å². The molecule has 1 unspecified atom stereocenters. The second-order valence-corrected chi connectivity index (χ2v) is 11.5. The van der Waals surface area contributed by atoms with Gasteiger partial charge < -0.3 is 14.9 Å². The predicted octanol–water partition coefficient (Wildman–Crippen LogP) is 3.74. The first-order valence-electron chi connectivity index (χ1n) is 11.6. The van der Waals surface area contributed by atoms with Gasteiger partial charge in [-0.2, -0.15) is 0 Å². The van der Waals surface area contributed by atoms with E-state index in [-0.39, 0.29) is 24.1 Å². The van der Waals surface area contributed by atoms with Gasteiger partial charge in [-0.15, -0.1) is 0 Å². The summed E-state index contributed by atoms with van der Waals surface area (Å²) in [4.78, 5) is 13.0. The largest absolute Gasteiger partial charge is 0.378 e.